The van der Waals surface area contributed by atoms with Crippen LogP contribution in [-0.2, 0) is 20.8 Å². The maximum Gasteiger partial charge on any atom is 0.326 e. The number of carbonyl (C=O) groups excluding carboxylic acids is 2. The van der Waals surface area contributed by atoms with E-state index in [9.17, 15) is 24.6 Å². The SMILES string of the molecule is [2H]N[C@@H](CCC(N)=O)C(=O)N[C@@H](Cc1ccc(O)cc1)C(=O)O. The summed E-state index contributed by atoms with van der Waals surface area (Å²) in [5, 5.41) is 20.7. The third-order valence-electron chi connectivity index (χ3n) is 2.99. The van der Waals surface area contributed by atoms with Crippen LogP contribution in [0.3, 0.4) is 0 Å². The number of phenols is 1. The van der Waals surface area contributed by atoms with E-state index in [1.807, 2.05) is 5.73 Å². The Morgan fingerprint density at radius 3 is 2.41 bits per heavy atom. The highest BCUT2D eigenvalue weighted by atomic mass is 16.4. The summed E-state index contributed by atoms with van der Waals surface area (Å²) in [5.41, 5.74) is 7.58. The van der Waals surface area contributed by atoms with Crippen molar-refractivity contribution in [3.63, 3.8) is 0 Å². The van der Waals surface area contributed by atoms with E-state index in [1.165, 1.54) is 12.1 Å². The number of carbonyl (C=O) groups is 3. The lowest BCUT2D eigenvalue weighted by atomic mass is 10.0. The van der Waals surface area contributed by atoms with Crippen molar-refractivity contribution < 1.29 is 26.0 Å². The molecule has 0 aliphatic rings. The first kappa shape index (κ1) is 15.8. The molecular weight excluding hydrogens is 290 g/mol. The first-order chi connectivity index (χ1) is 10.8. The summed E-state index contributed by atoms with van der Waals surface area (Å²) in [6.45, 7) is 0. The van der Waals surface area contributed by atoms with E-state index in [4.69, 9.17) is 7.15 Å². The van der Waals surface area contributed by atoms with Gasteiger partial charge < -0.3 is 27.0 Å². The Kier molecular flexibility index (Phi) is 5.73. The van der Waals surface area contributed by atoms with Crippen LogP contribution in [0.15, 0.2) is 24.3 Å². The average Bonchev–Trinajstić information content (AvgIpc) is 2.49. The van der Waals surface area contributed by atoms with Crippen molar-refractivity contribution in [3.8, 4) is 5.75 Å². The highest BCUT2D eigenvalue weighted by Crippen LogP contribution is 2.11. The second-order valence-corrected chi connectivity index (χ2v) is 4.83. The first-order valence-electron chi connectivity index (χ1n) is 7.10. The lowest BCUT2D eigenvalue weighted by Crippen LogP contribution is -2.49. The van der Waals surface area contributed by atoms with Gasteiger partial charge in [-0.15, -0.1) is 0 Å². The number of carboxylic acids is 1. The van der Waals surface area contributed by atoms with Crippen LogP contribution in [0.2, 0.25) is 1.41 Å². The molecule has 0 radical (unpaired) electrons. The molecule has 7 N–H and O–H groups in total. The van der Waals surface area contributed by atoms with Crippen LogP contribution in [0, 0.1) is 0 Å². The van der Waals surface area contributed by atoms with Crippen LogP contribution >= 0.6 is 0 Å². The van der Waals surface area contributed by atoms with Gasteiger partial charge in [0.05, 0.1) is 6.04 Å². The summed E-state index contributed by atoms with van der Waals surface area (Å²) in [7, 11) is 0. The minimum Gasteiger partial charge on any atom is -0.508 e. The molecule has 0 aromatic heterocycles. The molecule has 0 unspecified atom stereocenters. The number of primary amides is 1. The smallest absolute Gasteiger partial charge is 0.326 e. The first-order valence-corrected chi connectivity index (χ1v) is 6.60. The van der Waals surface area contributed by atoms with Gasteiger partial charge in [0.25, 0.3) is 0 Å². The van der Waals surface area contributed by atoms with Crippen molar-refractivity contribution in [2.45, 2.75) is 31.3 Å². The van der Waals surface area contributed by atoms with Crippen molar-refractivity contribution >= 4 is 17.8 Å². The summed E-state index contributed by atoms with van der Waals surface area (Å²) in [4.78, 5) is 34.0. The largest absolute Gasteiger partial charge is 0.508 e. The van der Waals surface area contributed by atoms with Crippen LogP contribution in [-0.4, -0.2) is 40.1 Å². The van der Waals surface area contributed by atoms with Gasteiger partial charge in [-0.05, 0) is 24.1 Å². The van der Waals surface area contributed by atoms with Gasteiger partial charge in [0.1, 0.15) is 13.2 Å². The minimum absolute atomic E-state index is 0.00375. The monoisotopic (exact) mass is 310 g/mol. The fourth-order valence-corrected chi connectivity index (χ4v) is 1.76. The van der Waals surface area contributed by atoms with Crippen LogP contribution in [0.5, 0.6) is 5.75 Å². The topological polar surface area (TPSA) is 156 Å². The Hall–Kier alpha value is -2.61. The molecule has 1 aromatic rings. The number of hydrogen-bond donors (Lipinski definition) is 5. The zero-order valence-electron chi connectivity index (χ0n) is 12.8. The van der Waals surface area contributed by atoms with Crippen molar-refractivity contribution in [2.75, 3.05) is 0 Å². The number of nitrogens with two attached hydrogens (primary N) is 2. The molecule has 2 atom stereocenters. The lowest BCUT2D eigenvalue weighted by Gasteiger charge is -2.17. The van der Waals surface area contributed by atoms with Crippen LogP contribution in [0.4, 0.5) is 0 Å². The fourth-order valence-electron chi connectivity index (χ4n) is 1.76. The predicted molar refractivity (Wildman–Crippen MR) is 77.8 cm³/mol. The Labute approximate surface area is 128 Å². The van der Waals surface area contributed by atoms with Gasteiger partial charge in [0.2, 0.25) is 11.8 Å². The second kappa shape index (κ2) is 7.99. The zero-order valence-corrected chi connectivity index (χ0v) is 11.8. The molecule has 0 aliphatic heterocycles. The zero-order chi connectivity index (χ0) is 17.4. The third-order valence-corrected chi connectivity index (χ3v) is 2.99. The molecule has 8 heteroatoms. The molecule has 1 rings (SSSR count). The summed E-state index contributed by atoms with van der Waals surface area (Å²) >= 11 is 0. The number of aromatic hydroxyl groups is 1. The highest BCUT2D eigenvalue weighted by molar-refractivity contribution is 5.87. The van der Waals surface area contributed by atoms with E-state index in [1.54, 1.807) is 12.1 Å². The molecular formula is C14H19N3O5. The molecule has 1 aromatic carbocycles. The van der Waals surface area contributed by atoms with Crippen LogP contribution < -0.4 is 16.8 Å². The number of hydrogen-bond acceptors (Lipinski definition) is 5. The molecule has 0 bridgehead atoms. The van der Waals surface area contributed by atoms with Crippen LogP contribution in [0.1, 0.15) is 18.4 Å². The highest BCUT2D eigenvalue weighted by Gasteiger charge is 2.23. The van der Waals surface area contributed by atoms with Crippen molar-refractivity contribution in [1.82, 2.24) is 5.32 Å². The minimum atomic E-state index is -1.23. The average molecular weight is 310 g/mol. The Balaban J connectivity index is 2.70. The van der Waals surface area contributed by atoms with E-state index >= 15 is 0 Å². The normalized spacial score (nSPS) is 13.7. The molecule has 0 saturated carbocycles. The van der Waals surface area contributed by atoms with Crippen molar-refractivity contribution in [1.29, 1.82) is 0 Å². The maximum atomic E-state index is 12.0. The van der Waals surface area contributed by atoms with E-state index in [0.29, 0.717) is 5.56 Å². The number of rotatable bonds is 9. The predicted octanol–water partition coefficient (Wildman–Crippen LogP) is -0.903. The summed E-state index contributed by atoms with van der Waals surface area (Å²) < 4.78 is 7.09. The van der Waals surface area contributed by atoms with E-state index < -0.39 is 29.9 Å². The van der Waals surface area contributed by atoms with Gasteiger partial charge in [0, 0.05) is 12.8 Å². The number of phenolic OH excluding ortho intramolecular Hbond substituents is 1. The quantitative estimate of drug-likeness (QED) is 0.398. The Morgan fingerprint density at radius 1 is 1.27 bits per heavy atom. The molecule has 120 valence electrons. The molecule has 0 saturated heterocycles. The molecule has 0 spiro atoms. The van der Waals surface area contributed by atoms with Gasteiger partial charge in [-0.25, -0.2) is 4.79 Å². The molecule has 0 fully saturated rings. The third kappa shape index (κ3) is 5.80. The van der Waals surface area contributed by atoms with Crippen molar-refractivity contribution in [2.24, 2.45) is 11.5 Å². The second-order valence-electron chi connectivity index (χ2n) is 4.83. The molecule has 22 heavy (non-hydrogen) atoms. The summed E-state index contributed by atoms with van der Waals surface area (Å²) in [6, 6.07) is 3.68. The lowest BCUT2D eigenvalue weighted by molar-refractivity contribution is -0.142. The summed E-state index contributed by atoms with van der Waals surface area (Å²) in [5.74, 6) is -2.50. The van der Waals surface area contributed by atoms with E-state index in [-0.39, 0.29) is 25.0 Å². The van der Waals surface area contributed by atoms with Gasteiger partial charge in [-0.3, -0.25) is 9.59 Å². The molecule has 8 nitrogen and oxygen atoms in total. The maximum absolute atomic E-state index is 12.0. The fraction of sp³-hybridized carbons (Fsp3) is 0.357. The number of nitrogens with one attached hydrogen (secondary N) is 1. The van der Waals surface area contributed by atoms with Gasteiger partial charge >= 0.3 is 5.97 Å². The standard InChI is InChI=1S/C14H19N3O5/c15-10(5-6-12(16)19)13(20)17-11(14(21)22)7-8-1-3-9(18)4-2-8/h1-4,10-11,18H,5-7,15H2,(H2,16,19)(H,17,20)(H,21,22)/t10-,11-/m0/s1/i/hD. The van der Waals surface area contributed by atoms with E-state index in [2.05, 4.69) is 5.32 Å². The van der Waals surface area contributed by atoms with Crippen LogP contribution in [0.25, 0.3) is 0 Å². The number of carboxylic acid groups (broad SMARTS) is 1. The Morgan fingerprint density at radius 2 is 1.91 bits per heavy atom. The Bertz CT molecular complexity index is 564. The number of aliphatic carboxylic acids is 1. The van der Waals surface area contributed by atoms with E-state index in [0.717, 1.165) is 0 Å². The van der Waals surface area contributed by atoms with Gasteiger partial charge in [-0.1, -0.05) is 12.1 Å². The summed E-state index contributed by atoms with van der Waals surface area (Å²) in [6.07, 6.45) is -0.0855. The van der Waals surface area contributed by atoms with Gasteiger partial charge in [0.15, 0.2) is 0 Å². The number of amides is 2. The molecule has 0 heterocycles. The number of benzene rings is 1. The molecule has 2 amide bonds. The van der Waals surface area contributed by atoms with Crippen molar-refractivity contribution in [3.05, 3.63) is 29.8 Å². The van der Waals surface area contributed by atoms with Gasteiger partial charge in [-0.2, -0.15) is 0 Å². The molecule has 0 aliphatic carbocycles.